The van der Waals surface area contributed by atoms with E-state index in [-0.39, 0.29) is 17.7 Å². The van der Waals surface area contributed by atoms with Crippen molar-refractivity contribution in [2.75, 3.05) is 11.9 Å². The molecular weight excluding hydrogens is 238 g/mol. The minimum atomic E-state index is -0.0227. The van der Waals surface area contributed by atoms with Gasteiger partial charge >= 0.3 is 0 Å². The summed E-state index contributed by atoms with van der Waals surface area (Å²) in [6, 6.07) is 9.16. The van der Waals surface area contributed by atoms with Gasteiger partial charge in [0.25, 0.3) is 0 Å². The van der Waals surface area contributed by atoms with Gasteiger partial charge in [0.1, 0.15) is 6.07 Å². The van der Waals surface area contributed by atoms with E-state index in [1.807, 2.05) is 6.07 Å². The third-order valence-corrected chi connectivity index (χ3v) is 3.85. The van der Waals surface area contributed by atoms with Gasteiger partial charge in [-0.05, 0) is 37.4 Å². The molecule has 1 aliphatic carbocycles. The van der Waals surface area contributed by atoms with Gasteiger partial charge in [0, 0.05) is 5.92 Å². The van der Waals surface area contributed by atoms with Crippen molar-refractivity contribution in [2.45, 2.75) is 25.7 Å². The van der Waals surface area contributed by atoms with E-state index in [1.54, 1.807) is 18.2 Å². The molecule has 0 bridgehead atoms. The van der Waals surface area contributed by atoms with Gasteiger partial charge in [-0.1, -0.05) is 25.0 Å². The van der Waals surface area contributed by atoms with Crippen LogP contribution in [0.4, 0.5) is 5.69 Å². The Morgan fingerprint density at radius 2 is 2.11 bits per heavy atom. The van der Waals surface area contributed by atoms with Crippen molar-refractivity contribution in [2.24, 2.45) is 17.6 Å². The zero-order chi connectivity index (χ0) is 13.7. The SMILES string of the molecule is N#Cc1ccccc1NC(=O)C1CCCCC1CN. The van der Waals surface area contributed by atoms with E-state index in [9.17, 15) is 4.79 Å². The molecule has 1 amide bonds. The van der Waals surface area contributed by atoms with E-state index in [1.165, 1.54) is 0 Å². The maximum Gasteiger partial charge on any atom is 0.227 e. The Balaban J connectivity index is 2.10. The molecule has 0 heterocycles. The normalized spacial score (nSPS) is 22.5. The molecule has 0 saturated heterocycles. The molecule has 1 aromatic carbocycles. The van der Waals surface area contributed by atoms with Crippen molar-refractivity contribution in [3.63, 3.8) is 0 Å². The van der Waals surface area contributed by atoms with Crippen molar-refractivity contribution in [1.82, 2.24) is 0 Å². The van der Waals surface area contributed by atoms with E-state index in [4.69, 9.17) is 11.0 Å². The monoisotopic (exact) mass is 257 g/mol. The molecule has 2 atom stereocenters. The lowest BCUT2D eigenvalue weighted by Crippen LogP contribution is -2.35. The quantitative estimate of drug-likeness (QED) is 0.871. The number of anilines is 1. The van der Waals surface area contributed by atoms with Gasteiger partial charge in [-0.15, -0.1) is 0 Å². The van der Waals surface area contributed by atoms with Crippen molar-refractivity contribution >= 4 is 11.6 Å². The van der Waals surface area contributed by atoms with Crippen LogP contribution in [0.1, 0.15) is 31.2 Å². The maximum absolute atomic E-state index is 12.3. The second-order valence-corrected chi connectivity index (χ2v) is 5.03. The standard InChI is InChI=1S/C15H19N3O/c16-9-11-5-1-3-7-13(11)15(19)18-14-8-4-2-6-12(14)10-17/h2,4,6,8,11,13H,1,3,5,7,9,16H2,(H,18,19). The van der Waals surface area contributed by atoms with E-state index in [0.717, 1.165) is 25.7 Å². The summed E-state index contributed by atoms with van der Waals surface area (Å²) in [5.74, 6) is 0.242. The fourth-order valence-electron chi connectivity index (χ4n) is 2.75. The summed E-state index contributed by atoms with van der Waals surface area (Å²) in [5.41, 5.74) is 6.84. The van der Waals surface area contributed by atoms with Gasteiger partial charge in [0.2, 0.25) is 5.91 Å². The molecule has 1 saturated carbocycles. The van der Waals surface area contributed by atoms with Gasteiger partial charge in [-0.2, -0.15) is 5.26 Å². The first kappa shape index (κ1) is 13.6. The predicted octanol–water partition coefficient (Wildman–Crippen LogP) is 2.26. The Hall–Kier alpha value is -1.86. The fraction of sp³-hybridized carbons (Fsp3) is 0.467. The first-order chi connectivity index (χ1) is 9.26. The highest BCUT2D eigenvalue weighted by Crippen LogP contribution is 2.30. The number of nitrogens with zero attached hydrogens (tertiary/aromatic N) is 1. The predicted molar refractivity (Wildman–Crippen MR) is 74.3 cm³/mol. The molecule has 0 spiro atoms. The second-order valence-electron chi connectivity index (χ2n) is 5.03. The molecule has 100 valence electrons. The summed E-state index contributed by atoms with van der Waals surface area (Å²) in [6.45, 7) is 0.554. The Morgan fingerprint density at radius 3 is 2.84 bits per heavy atom. The summed E-state index contributed by atoms with van der Waals surface area (Å²) in [5, 5.41) is 11.9. The number of carbonyl (C=O) groups is 1. The summed E-state index contributed by atoms with van der Waals surface area (Å²) < 4.78 is 0. The first-order valence-electron chi connectivity index (χ1n) is 6.76. The Kier molecular flexibility index (Phi) is 4.53. The van der Waals surface area contributed by atoms with Crippen LogP contribution in [0.2, 0.25) is 0 Å². The molecule has 1 aromatic rings. The van der Waals surface area contributed by atoms with Crippen molar-refractivity contribution in [3.05, 3.63) is 29.8 Å². The summed E-state index contributed by atoms with van der Waals surface area (Å²) in [6.07, 6.45) is 4.14. The molecule has 3 N–H and O–H groups in total. The Morgan fingerprint density at radius 1 is 1.37 bits per heavy atom. The van der Waals surface area contributed by atoms with Crippen molar-refractivity contribution in [3.8, 4) is 6.07 Å². The van der Waals surface area contributed by atoms with Crippen LogP contribution in [0.25, 0.3) is 0 Å². The third-order valence-electron chi connectivity index (χ3n) is 3.85. The highest BCUT2D eigenvalue weighted by atomic mass is 16.1. The smallest absolute Gasteiger partial charge is 0.227 e. The van der Waals surface area contributed by atoms with Crippen LogP contribution in [-0.2, 0) is 4.79 Å². The number of hydrogen-bond acceptors (Lipinski definition) is 3. The number of amides is 1. The average Bonchev–Trinajstić information content (AvgIpc) is 2.47. The van der Waals surface area contributed by atoms with Crippen LogP contribution < -0.4 is 11.1 Å². The van der Waals surface area contributed by atoms with Crippen molar-refractivity contribution in [1.29, 1.82) is 5.26 Å². The lowest BCUT2D eigenvalue weighted by Gasteiger charge is -2.29. The first-order valence-corrected chi connectivity index (χ1v) is 6.76. The lowest BCUT2D eigenvalue weighted by atomic mass is 9.78. The number of benzene rings is 1. The topological polar surface area (TPSA) is 78.9 Å². The molecule has 0 radical (unpaired) electrons. The third kappa shape index (κ3) is 3.12. The minimum absolute atomic E-state index is 0.00199. The van der Waals surface area contributed by atoms with E-state index in [2.05, 4.69) is 11.4 Å². The fourth-order valence-corrected chi connectivity index (χ4v) is 2.75. The van der Waals surface area contributed by atoms with Crippen LogP contribution in [0.3, 0.4) is 0 Å². The van der Waals surface area contributed by atoms with Crippen LogP contribution in [0.15, 0.2) is 24.3 Å². The van der Waals surface area contributed by atoms with Crippen LogP contribution in [0.5, 0.6) is 0 Å². The van der Waals surface area contributed by atoms with E-state index < -0.39 is 0 Å². The average molecular weight is 257 g/mol. The van der Waals surface area contributed by atoms with Crippen molar-refractivity contribution < 1.29 is 4.79 Å². The van der Waals surface area contributed by atoms with Gasteiger partial charge in [-0.25, -0.2) is 0 Å². The Labute approximate surface area is 113 Å². The van der Waals surface area contributed by atoms with E-state index in [0.29, 0.717) is 17.8 Å². The molecule has 19 heavy (non-hydrogen) atoms. The highest BCUT2D eigenvalue weighted by molar-refractivity contribution is 5.94. The van der Waals surface area contributed by atoms with Gasteiger partial charge < -0.3 is 11.1 Å². The molecule has 1 aliphatic rings. The summed E-state index contributed by atoms with van der Waals surface area (Å²) in [4.78, 5) is 12.3. The second kappa shape index (κ2) is 6.35. The molecule has 2 unspecified atom stereocenters. The van der Waals surface area contributed by atoms with Crippen LogP contribution in [0, 0.1) is 23.2 Å². The molecular formula is C15H19N3O. The van der Waals surface area contributed by atoms with Crippen LogP contribution >= 0.6 is 0 Å². The Bertz CT molecular complexity index is 492. The molecule has 0 aliphatic heterocycles. The van der Waals surface area contributed by atoms with Gasteiger partial charge in [0.05, 0.1) is 11.3 Å². The number of hydrogen-bond donors (Lipinski definition) is 2. The molecule has 4 heteroatoms. The van der Waals surface area contributed by atoms with Crippen LogP contribution in [-0.4, -0.2) is 12.5 Å². The molecule has 4 nitrogen and oxygen atoms in total. The summed E-state index contributed by atoms with van der Waals surface area (Å²) >= 11 is 0. The number of nitrogens with two attached hydrogens (primary N) is 1. The van der Waals surface area contributed by atoms with E-state index >= 15 is 0 Å². The zero-order valence-corrected chi connectivity index (χ0v) is 10.9. The van der Waals surface area contributed by atoms with Gasteiger partial charge in [0.15, 0.2) is 0 Å². The zero-order valence-electron chi connectivity index (χ0n) is 10.9. The largest absolute Gasteiger partial charge is 0.330 e. The summed E-state index contributed by atoms with van der Waals surface area (Å²) in [7, 11) is 0. The molecule has 0 aromatic heterocycles. The number of nitriles is 1. The number of rotatable bonds is 3. The highest BCUT2D eigenvalue weighted by Gasteiger charge is 2.30. The molecule has 1 fully saturated rings. The lowest BCUT2D eigenvalue weighted by molar-refractivity contribution is -0.122. The number of carbonyl (C=O) groups excluding carboxylic acids is 1. The maximum atomic E-state index is 12.3. The number of nitrogens with one attached hydrogen (secondary N) is 1. The minimum Gasteiger partial charge on any atom is -0.330 e. The van der Waals surface area contributed by atoms with Gasteiger partial charge in [-0.3, -0.25) is 4.79 Å². The molecule has 2 rings (SSSR count). The number of para-hydroxylation sites is 1.